The molecule has 1 aromatic carbocycles. The third kappa shape index (κ3) is 2.33. The minimum atomic E-state index is 0.215. The molecule has 2 aliphatic rings. The highest BCUT2D eigenvalue weighted by atomic mass is 32.1. The Bertz CT molecular complexity index is 557. The summed E-state index contributed by atoms with van der Waals surface area (Å²) < 4.78 is 0. The van der Waals surface area contributed by atoms with Crippen LogP contribution in [0.2, 0.25) is 0 Å². The number of nitrogens with zero attached hydrogens (tertiary/aromatic N) is 1. The number of amides is 1. The average molecular weight is 288 g/mol. The van der Waals surface area contributed by atoms with Crippen LogP contribution < -0.4 is 10.6 Å². The lowest BCUT2D eigenvalue weighted by Crippen LogP contribution is -2.35. The molecule has 0 aliphatic heterocycles. The third-order valence-electron chi connectivity index (χ3n) is 4.90. The first-order chi connectivity index (χ1) is 9.56. The minimum Gasteiger partial charge on any atom is -0.389 e. The van der Waals surface area contributed by atoms with E-state index in [0.29, 0.717) is 10.9 Å². The molecule has 0 aromatic heterocycles. The highest BCUT2D eigenvalue weighted by Crippen LogP contribution is 2.49. The Morgan fingerprint density at radius 1 is 1.35 bits per heavy atom. The summed E-state index contributed by atoms with van der Waals surface area (Å²) in [7, 11) is 1.85. The molecule has 4 heteroatoms. The molecule has 2 aliphatic carbocycles. The van der Waals surface area contributed by atoms with Gasteiger partial charge in [-0.1, -0.05) is 30.8 Å². The van der Waals surface area contributed by atoms with Gasteiger partial charge in [-0.15, -0.1) is 0 Å². The van der Waals surface area contributed by atoms with E-state index in [2.05, 4.69) is 0 Å². The monoisotopic (exact) mass is 288 g/mol. The molecular weight excluding hydrogens is 268 g/mol. The fraction of sp³-hybridized carbons (Fsp3) is 0.500. The summed E-state index contributed by atoms with van der Waals surface area (Å²) >= 11 is 5.00. The van der Waals surface area contributed by atoms with Gasteiger partial charge in [-0.2, -0.15) is 0 Å². The molecule has 2 saturated carbocycles. The zero-order chi connectivity index (χ0) is 14.3. The molecule has 2 bridgehead atoms. The normalized spacial score (nSPS) is 27.6. The van der Waals surface area contributed by atoms with Crippen molar-refractivity contribution in [3.05, 3.63) is 29.8 Å². The zero-order valence-electron chi connectivity index (χ0n) is 11.7. The molecule has 0 saturated heterocycles. The summed E-state index contributed by atoms with van der Waals surface area (Å²) in [5, 5.41) is 0. The summed E-state index contributed by atoms with van der Waals surface area (Å²) in [4.78, 5) is 14.8. The van der Waals surface area contributed by atoms with E-state index in [1.807, 2.05) is 31.3 Å². The number of anilines is 1. The maximum absolute atomic E-state index is 12.7. The van der Waals surface area contributed by atoms with Crippen LogP contribution in [0.4, 0.5) is 5.69 Å². The first-order valence-corrected chi connectivity index (χ1v) is 7.64. The number of hydrogen-bond acceptors (Lipinski definition) is 2. The molecule has 106 valence electrons. The van der Waals surface area contributed by atoms with E-state index in [1.165, 1.54) is 19.3 Å². The lowest BCUT2D eigenvalue weighted by molar-refractivity contribution is -0.123. The average Bonchev–Trinajstić information content (AvgIpc) is 3.08. The quantitative estimate of drug-likeness (QED) is 0.870. The summed E-state index contributed by atoms with van der Waals surface area (Å²) in [6.45, 7) is 0. The highest BCUT2D eigenvalue weighted by Gasteiger charge is 2.44. The van der Waals surface area contributed by atoms with E-state index in [0.717, 1.165) is 23.6 Å². The topological polar surface area (TPSA) is 46.3 Å². The Morgan fingerprint density at radius 2 is 2.15 bits per heavy atom. The van der Waals surface area contributed by atoms with Gasteiger partial charge in [0.05, 0.1) is 0 Å². The van der Waals surface area contributed by atoms with Crippen molar-refractivity contribution in [1.82, 2.24) is 0 Å². The van der Waals surface area contributed by atoms with Crippen LogP contribution >= 0.6 is 12.2 Å². The van der Waals surface area contributed by atoms with Gasteiger partial charge in [0.15, 0.2) is 0 Å². The second kappa shape index (κ2) is 5.17. The standard InChI is InChI=1S/C16H20N2OS/c1-18(13-4-2-3-12(9-13)15(17)20)16(19)14-8-10-5-6-11(14)7-10/h2-4,9-11,14H,5-8H2,1H3,(H2,17,20). The lowest BCUT2D eigenvalue weighted by Gasteiger charge is -2.26. The molecule has 20 heavy (non-hydrogen) atoms. The van der Waals surface area contributed by atoms with Gasteiger partial charge in [0.2, 0.25) is 5.91 Å². The van der Waals surface area contributed by atoms with Crippen LogP contribution in [0.1, 0.15) is 31.2 Å². The number of carbonyl (C=O) groups excluding carboxylic acids is 1. The van der Waals surface area contributed by atoms with E-state index in [1.54, 1.807) is 4.90 Å². The van der Waals surface area contributed by atoms with Gasteiger partial charge >= 0.3 is 0 Å². The van der Waals surface area contributed by atoms with Gasteiger partial charge < -0.3 is 10.6 Å². The molecule has 1 aromatic rings. The highest BCUT2D eigenvalue weighted by molar-refractivity contribution is 7.80. The van der Waals surface area contributed by atoms with Gasteiger partial charge in [-0.25, -0.2) is 0 Å². The predicted octanol–water partition coefficient (Wildman–Crippen LogP) is 2.72. The Balaban J connectivity index is 1.78. The summed E-state index contributed by atoms with van der Waals surface area (Å²) in [5.41, 5.74) is 7.35. The van der Waals surface area contributed by atoms with E-state index in [4.69, 9.17) is 18.0 Å². The van der Waals surface area contributed by atoms with Crippen LogP contribution in [0.25, 0.3) is 0 Å². The molecule has 0 spiro atoms. The van der Waals surface area contributed by atoms with Gasteiger partial charge in [0.1, 0.15) is 4.99 Å². The number of carbonyl (C=O) groups is 1. The van der Waals surface area contributed by atoms with Crippen molar-refractivity contribution in [3.63, 3.8) is 0 Å². The molecular formula is C16H20N2OS. The molecule has 2 fully saturated rings. The van der Waals surface area contributed by atoms with Gasteiger partial charge in [0.25, 0.3) is 0 Å². The maximum atomic E-state index is 12.7. The third-order valence-corrected chi connectivity index (χ3v) is 5.14. The number of thiocarbonyl (C=S) groups is 1. The molecule has 0 radical (unpaired) electrons. The van der Waals surface area contributed by atoms with Crippen molar-refractivity contribution in [3.8, 4) is 0 Å². The van der Waals surface area contributed by atoms with Crippen LogP contribution in [-0.2, 0) is 4.79 Å². The summed E-state index contributed by atoms with van der Waals surface area (Å²) in [6, 6.07) is 7.61. The Kier molecular flexibility index (Phi) is 3.50. The number of benzene rings is 1. The first kappa shape index (κ1) is 13.6. The molecule has 3 rings (SSSR count). The van der Waals surface area contributed by atoms with E-state index >= 15 is 0 Å². The Labute approximate surface area is 125 Å². The Morgan fingerprint density at radius 3 is 2.75 bits per heavy atom. The largest absolute Gasteiger partial charge is 0.389 e. The molecule has 3 atom stereocenters. The lowest BCUT2D eigenvalue weighted by atomic mass is 9.87. The zero-order valence-corrected chi connectivity index (χ0v) is 12.5. The number of hydrogen-bond donors (Lipinski definition) is 1. The predicted molar refractivity (Wildman–Crippen MR) is 84.7 cm³/mol. The van der Waals surface area contributed by atoms with E-state index < -0.39 is 0 Å². The van der Waals surface area contributed by atoms with Crippen molar-refractivity contribution in [2.75, 3.05) is 11.9 Å². The molecule has 3 nitrogen and oxygen atoms in total. The van der Waals surface area contributed by atoms with E-state index in [-0.39, 0.29) is 11.8 Å². The molecule has 3 unspecified atom stereocenters. The SMILES string of the molecule is CN(C(=O)C1CC2CCC1C2)c1cccc(C(N)=S)c1. The van der Waals surface area contributed by atoms with Crippen molar-refractivity contribution in [2.24, 2.45) is 23.5 Å². The molecule has 2 N–H and O–H groups in total. The fourth-order valence-corrected chi connectivity index (χ4v) is 3.92. The van der Waals surface area contributed by atoms with Crippen molar-refractivity contribution in [1.29, 1.82) is 0 Å². The number of nitrogens with two attached hydrogens (primary N) is 1. The number of fused-ring (bicyclic) bond motifs is 2. The second-order valence-corrected chi connectivity index (χ2v) is 6.53. The first-order valence-electron chi connectivity index (χ1n) is 7.23. The van der Waals surface area contributed by atoms with Crippen LogP contribution in [0, 0.1) is 17.8 Å². The van der Waals surface area contributed by atoms with Crippen LogP contribution in [0.3, 0.4) is 0 Å². The maximum Gasteiger partial charge on any atom is 0.230 e. The fourth-order valence-electron chi connectivity index (χ4n) is 3.79. The van der Waals surface area contributed by atoms with Crippen molar-refractivity contribution in [2.45, 2.75) is 25.7 Å². The summed E-state index contributed by atoms with van der Waals surface area (Å²) in [6.07, 6.45) is 4.86. The van der Waals surface area contributed by atoms with Gasteiger partial charge in [-0.05, 0) is 43.2 Å². The smallest absolute Gasteiger partial charge is 0.230 e. The molecule has 0 heterocycles. The van der Waals surface area contributed by atoms with Crippen LogP contribution in [-0.4, -0.2) is 17.9 Å². The van der Waals surface area contributed by atoms with E-state index in [9.17, 15) is 4.79 Å². The Hall–Kier alpha value is -1.42. The second-order valence-electron chi connectivity index (χ2n) is 6.09. The van der Waals surface area contributed by atoms with Crippen molar-refractivity contribution < 1.29 is 4.79 Å². The van der Waals surface area contributed by atoms with Gasteiger partial charge in [0, 0.05) is 24.2 Å². The van der Waals surface area contributed by atoms with Crippen LogP contribution in [0.5, 0.6) is 0 Å². The molecule has 1 amide bonds. The summed E-state index contributed by atoms with van der Waals surface area (Å²) in [5.74, 6) is 1.85. The number of rotatable bonds is 3. The van der Waals surface area contributed by atoms with Crippen molar-refractivity contribution >= 4 is 28.8 Å². The minimum absolute atomic E-state index is 0.215. The van der Waals surface area contributed by atoms with Crippen LogP contribution in [0.15, 0.2) is 24.3 Å². The van der Waals surface area contributed by atoms with Gasteiger partial charge in [-0.3, -0.25) is 4.79 Å².